The van der Waals surface area contributed by atoms with E-state index in [1.165, 1.54) is 31.0 Å². The molecule has 2 aliphatic rings. The molecule has 0 atom stereocenters. The van der Waals surface area contributed by atoms with Crippen LogP contribution in [0.5, 0.6) is 0 Å². The first kappa shape index (κ1) is 17.1. The van der Waals surface area contributed by atoms with E-state index in [0.717, 1.165) is 34.2 Å². The summed E-state index contributed by atoms with van der Waals surface area (Å²) in [5, 5.41) is 0.815. The first-order valence-electron chi connectivity index (χ1n) is 9.23. The number of hydrogen-bond donors (Lipinski definition) is 0. The zero-order valence-corrected chi connectivity index (χ0v) is 15.5. The first-order valence-corrected chi connectivity index (χ1v) is 10.0. The average Bonchev–Trinajstić information content (AvgIpc) is 2.99. The van der Waals surface area contributed by atoms with Gasteiger partial charge in [-0.15, -0.1) is 0 Å². The van der Waals surface area contributed by atoms with Gasteiger partial charge in [-0.1, -0.05) is 67.8 Å². The van der Waals surface area contributed by atoms with Gasteiger partial charge in [0.1, 0.15) is 0 Å². The van der Waals surface area contributed by atoms with Gasteiger partial charge < -0.3 is 0 Å². The Morgan fingerprint density at radius 2 is 1.58 bits per heavy atom. The third-order valence-electron chi connectivity index (χ3n) is 4.86. The molecule has 2 aromatic rings. The van der Waals surface area contributed by atoms with Gasteiger partial charge in [-0.2, -0.15) is 0 Å². The molecule has 132 valence electrons. The van der Waals surface area contributed by atoms with Gasteiger partial charge in [0.05, 0.1) is 10.6 Å². The largest absolute Gasteiger partial charge is 0.283 e. The zero-order chi connectivity index (χ0) is 17.8. The lowest BCUT2D eigenvalue weighted by atomic mass is 9.94. The summed E-state index contributed by atoms with van der Waals surface area (Å²) in [4.78, 5) is 20.7. The van der Waals surface area contributed by atoms with Crippen LogP contribution in [0.15, 0.2) is 70.6 Å². The van der Waals surface area contributed by atoms with Crippen molar-refractivity contribution in [2.45, 2.75) is 38.1 Å². The summed E-state index contributed by atoms with van der Waals surface area (Å²) in [5.74, 6) is 0.0976. The van der Waals surface area contributed by atoms with Crippen LogP contribution in [0.25, 0.3) is 6.08 Å². The van der Waals surface area contributed by atoms with Gasteiger partial charge in [0, 0.05) is 6.04 Å². The van der Waals surface area contributed by atoms with Crippen LogP contribution in [0.2, 0.25) is 0 Å². The standard InChI is InChI=1S/C22H22N2OS/c25-21-20(16-17-10-4-1-5-11-17)26-22(23-18-12-6-2-7-13-18)24(21)19-14-8-3-9-15-19/h1-2,4-7,10-13,16,19H,3,8-9,14-15H2/b20-16-,23-22?. The van der Waals surface area contributed by atoms with Crippen LogP contribution in [0.3, 0.4) is 0 Å². The highest BCUT2D eigenvalue weighted by Crippen LogP contribution is 2.38. The van der Waals surface area contributed by atoms with Gasteiger partial charge in [-0.25, -0.2) is 4.99 Å². The van der Waals surface area contributed by atoms with Crippen molar-refractivity contribution in [1.29, 1.82) is 0 Å². The van der Waals surface area contributed by atoms with E-state index in [1.54, 1.807) is 0 Å². The number of nitrogens with zero attached hydrogens (tertiary/aromatic N) is 2. The second-order valence-electron chi connectivity index (χ2n) is 6.72. The Morgan fingerprint density at radius 1 is 0.923 bits per heavy atom. The van der Waals surface area contributed by atoms with E-state index in [2.05, 4.69) is 0 Å². The highest BCUT2D eigenvalue weighted by molar-refractivity contribution is 8.18. The van der Waals surface area contributed by atoms with Crippen LogP contribution < -0.4 is 0 Å². The van der Waals surface area contributed by atoms with Crippen LogP contribution in [-0.4, -0.2) is 22.0 Å². The van der Waals surface area contributed by atoms with Gasteiger partial charge in [-0.05, 0) is 48.4 Å². The van der Waals surface area contributed by atoms with Crippen LogP contribution in [0.1, 0.15) is 37.7 Å². The minimum atomic E-state index is 0.0976. The Labute approximate surface area is 158 Å². The highest BCUT2D eigenvalue weighted by Gasteiger charge is 2.38. The number of hydrogen-bond acceptors (Lipinski definition) is 3. The number of aliphatic imine (C=N–C) groups is 1. The van der Waals surface area contributed by atoms with Crippen LogP contribution >= 0.6 is 11.8 Å². The number of amides is 1. The van der Waals surface area contributed by atoms with E-state index in [0.29, 0.717) is 0 Å². The van der Waals surface area contributed by atoms with E-state index in [4.69, 9.17) is 4.99 Å². The highest BCUT2D eigenvalue weighted by atomic mass is 32.2. The molecular formula is C22H22N2OS. The number of rotatable bonds is 3. The van der Waals surface area contributed by atoms with Gasteiger partial charge in [0.15, 0.2) is 5.17 Å². The van der Waals surface area contributed by atoms with Crippen LogP contribution in [0.4, 0.5) is 5.69 Å². The Bertz CT molecular complexity index is 824. The van der Waals surface area contributed by atoms with Gasteiger partial charge >= 0.3 is 0 Å². The molecule has 1 aliphatic heterocycles. The first-order chi connectivity index (χ1) is 12.8. The number of benzene rings is 2. The molecule has 1 heterocycles. The number of amidine groups is 1. The summed E-state index contributed by atoms with van der Waals surface area (Å²) in [6, 6.07) is 20.2. The molecule has 1 aliphatic carbocycles. The van der Waals surface area contributed by atoms with Crippen molar-refractivity contribution in [3.05, 3.63) is 71.1 Å². The monoisotopic (exact) mass is 362 g/mol. The predicted molar refractivity (Wildman–Crippen MR) is 109 cm³/mol. The molecule has 0 unspecified atom stereocenters. The lowest BCUT2D eigenvalue weighted by Gasteiger charge is -2.30. The van der Waals surface area contributed by atoms with Crippen molar-refractivity contribution >= 4 is 34.6 Å². The third-order valence-corrected chi connectivity index (χ3v) is 5.84. The normalized spacial score (nSPS) is 21.7. The smallest absolute Gasteiger partial charge is 0.267 e. The maximum atomic E-state index is 13.2. The second-order valence-corrected chi connectivity index (χ2v) is 7.73. The summed E-state index contributed by atoms with van der Waals surface area (Å²) in [7, 11) is 0. The van der Waals surface area contributed by atoms with Crippen LogP contribution in [0, 0.1) is 0 Å². The molecule has 1 amide bonds. The van der Waals surface area contributed by atoms with Crippen molar-refractivity contribution in [1.82, 2.24) is 4.90 Å². The Hall–Kier alpha value is -2.33. The van der Waals surface area contributed by atoms with Crippen molar-refractivity contribution < 1.29 is 4.79 Å². The molecule has 1 saturated carbocycles. The summed E-state index contributed by atoms with van der Waals surface area (Å²) in [6.45, 7) is 0. The average molecular weight is 362 g/mol. The second kappa shape index (κ2) is 7.92. The summed E-state index contributed by atoms with van der Waals surface area (Å²) in [5.41, 5.74) is 1.94. The molecule has 0 radical (unpaired) electrons. The van der Waals surface area contributed by atoms with E-state index in [9.17, 15) is 4.79 Å². The number of thioether (sulfide) groups is 1. The summed E-state index contributed by atoms with van der Waals surface area (Å²) >= 11 is 1.50. The molecule has 0 spiro atoms. The molecule has 0 bridgehead atoms. The van der Waals surface area contributed by atoms with Crippen LogP contribution in [-0.2, 0) is 4.79 Å². The Balaban J connectivity index is 1.69. The fourth-order valence-electron chi connectivity index (χ4n) is 3.54. The topological polar surface area (TPSA) is 32.7 Å². The molecular weight excluding hydrogens is 340 g/mol. The van der Waals surface area contributed by atoms with Crippen molar-refractivity contribution in [2.75, 3.05) is 0 Å². The lowest BCUT2D eigenvalue weighted by Crippen LogP contribution is -2.40. The van der Waals surface area contributed by atoms with E-state index >= 15 is 0 Å². The quantitative estimate of drug-likeness (QED) is 0.664. The third kappa shape index (κ3) is 3.75. The number of para-hydroxylation sites is 1. The molecule has 0 aromatic heterocycles. The maximum Gasteiger partial charge on any atom is 0.267 e. The minimum absolute atomic E-state index is 0.0976. The molecule has 2 fully saturated rings. The molecule has 0 N–H and O–H groups in total. The molecule has 2 aromatic carbocycles. The molecule has 4 heteroatoms. The van der Waals surface area contributed by atoms with Crippen molar-refractivity contribution in [3.8, 4) is 0 Å². The minimum Gasteiger partial charge on any atom is -0.283 e. The van der Waals surface area contributed by atoms with Gasteiger partial charge in [0.25, 0.3) is 5.91 Å². The van der Waals surface area contributed by atoms with Gasteiger partial charge in [0.2, 0.25) is 0 Å². The Kier molecular flexibility index (Phi) is 5.21. The van der Waals surface area contributed by atoms with E-state index < -0.39 is 0 Å². The lowest BCUT2D eigenvalue weighted by molar-refractivity contribution is -0.124. The van der Waals surface area contributed by atoms with E-state index in [1.807, 2.05) is 71.6 Å². The number of carbonyl (C=O) groups excluding carboxylic acids is 1. The maximum absolute atomic E-state index is 13.2. The molecule has 4 rings (SSSR count). The fourth-order valence-corrected chi connectivity index (χ4v) is 4.60. The Morgan fingerprint density at radius 3 is 2.27 bits per heavy atom. The van der Waals surface area contributed by atoms with Crippen molar-refractivity contribution in [2.24, 2.45) is 4.99 Å². The fraction of sp³-hybridized carbons (Fsp3) is 0.273. The summed E-state index contributed by atoms with van der Waals surface area (Å²) in [6.07, 6.45) is 7.77. The van der Waals surface area contributed by atoms with E-state index in [-0.39, 0.29) is 11.9 Å². The van der Waals surface area contributed by atoms with Crippen molar-refractivity contribution in [3.63, 3.8) is 0 Å². The summed E-state index contributed by atoms with van der Waals surface area (Å²) < 4.78 is 0. The molecule has 3 nitrogen and oxygen atoms in total. The number of carbonyl (C=O) groups is 1. The zero-order valence-electron chi connectivity index (χ0n) is 14.7. The SMILES string of the molecule is O=C1/C(=C/c2ccccc2)SC(=Nc2ccccc2)N1C1CCCCC1. The molecule has 26 heavy (non-hydrogen) atoms. The van der Waals surface area contributed by atoms with Gasteiger partial charge in [-0.3, -0.25) is 9.69 Å². The molecule has 1 saturated heterocycles. The predicted octanol–water partition coefficient (Wildman–Crippen LogP) is 5.62.